The summed E-state index contributed by atoms with van der Waals surface area (Å²) in [6.07, 6.45) is 1.87. The number of aryl methyl sites for hydroxylation is 1. The van der Waals surface area contributed by atoms with E-state index in [2.05, 4.69) is 21.7 Å². The number of nitrogens with one attached hydrogen (secondary N) is 2. The number of nitrogens with zero attached hydrogens (tertiary/aromatic N) is 4. The van der Waals surface area contributed by atoms with Crippen LogP contribution in [0, 0.1) is 6.92 Å². The highest BCUT2D eigenvalue weighted by Crippen LogP contribution is 2.37. The Kier molecular flexibility index (Phi) is 5.71. The van der Waals surface area contributed by atoms with Crippen molar-refractivity contribution in [1.82, 2.24) is 19.6 Å². The Bertz CT molecular complexity index is 1260. The molecule has 0 spiro atoms. The molecule has 3 heterocycles. The first-order valence-electron chi connectivity index (χ1n) is 10.4. The average Bonchev–Trinajstić information content (AvgIpc) is 3.15. The summed E-state index contributed by atoms with van der Waals surface area (Å²) < 4.78 is 7.19. The van der Waals surface area contributed by atoms with E-state index >= 15 is 0 Å². The maximum atomic E-state index is 10.1. The lowest BCUT2D eigenvalue weighted by atomic mass is 10.0. The van der Waals surface area contributed by atoms with Gasteiger partial charge in [-0.15, -0.1) is 0 Å². The van der Waals surface area contributed by atoms with Gasteiger partial charge in [0.1, 0.15) is 11.5 Å². The maximum absolute atomic E-state index is 10.1. The van der Waals surface area contributed by atoms with Crippen LogP contribution >= 0.6 is 0 Å². The molecule has 8 heteroatoms. The summed E-state index contributed by atoms with van der Waals surface area (Å²) in [6.45, 7) is 5.81. The minimum absolute atomic E-state index is 0.374. The van der Waals surface area contributed by atoms with Crippen LogP contribution in [0.15, 0.2) is 48.7 Å². The molecule has 0 fully saturated rings. The fraction of sp³-hybridized carbons (Fsp3) is 0.292. The van der Waals surface area contributed by atoms with Gasteiger partial charge < -0.3 is 20.5 Å². The first-order chi connectivity index (χ1) is 15.3. The van der Waals surface area contributed by atoms with Gasteiger partial charge >= 0.3 is 0 Å². The van der Waals surface area contributed by atoms with Gasteiger partial charge in [0.05, 0.1) is 18.3 Å². The Morgan fingerprint density at radius 3 is 2.62 bits per heavy atom. The van der Waals surface area contributed by atoms with Gasteiger partial charge in [-0.05, 0) is 50.6 Å². The SMILES string of the molecule is CNc1cccc(-c2nn3ccc(NCC(C)(C)O)nc3c2-c2cc(C)nc(OC)c2)c1. The molecule has 166 valence electrons. The van der Waals surface area contributed by atoms with E-state index in [1.54, 1.807) is 25.5 Å². The smallest absolute Gasteiger partial charge is 0.213 e. The third-order valence-electron chi connectivity index (χ3n) is 5.04. The van der Waals surface area contributed by atoms with Crippen LogP contribution in [-0.4, -0.2) is 51.0 Å². The van der Waals surface area contributed by atoms with Crippen molar-refractivity contribution in [2.75, 3.05) is 31.3 Å². The largest absolute Gasteiger partial charge is 0.481 e. The molecule has 0 aliphatic rings. The molecule has 0 atom stereocenters. The topological polar surface area (TPSA) is 96.6 Å². The van der Waals surface area contributed by atoms with Gasteiger partial charge in [-0.1, -0.05) is 12.1 Å². The van der Waals surface area contributed by atoms with Gasteiger partial charge in [0.2, 0.25) is 5.88 Å². The van der Waals surface area contributed by atoms with Gasteiger partial charge in [-0.25, -0.2) is 14.5 Å². The molecule has 3 aromatic heterocycles. The quantitative estimate of drug-likeness (QED) is 0.406. The Hall–Kier alpha value is -3.65. The number of hydrogen-bond donors (Lipinski definition) is 3. The molecular weight excluding hydrogens is 404 g/mol. The van der Waals surface area contributed by atoms with Crippen molar-refractivity contribution in [1.29, 1.82) is 0 Å². The zero-order valence-corrected chi connectivity index (χ0v) is 19.0. The zero-order valence-electron chi connectivity index (χ0n) is 19.0. The molecule has 1 aromatic carbocycles. The number of rotatable bonds is 7. The van der Waals surface area contributed by atoms with Crippen molar-refractivity contribution in [3.63, 3.8) is 0 Å². The highest BCUT2D eigenvalue weighted by atomic mass is 16.5. The second-order valence-corrected chi connectivity index (χ2v) is 8.34. The fourth-order valence-corrected chi connectivity index (χ4v) is 3.51. The van der Waals surface area contributed by atoms with Crippen molar-refractivity contribution in [2.24, 2.45) is 0 Å². The van der Waals surface area contributed by atoms with E-state index in [0.29, 0.717) is 23.9 Å². The molecule has 0 amide bonds. The monoisotopic (exact) mass is 432 g/mol. The van der Waals surface area contributed by atoms with E-state index in [1.807, 2.05) is 56.6 Å². The molecule has 0 saturated carbocycles. The summed E-state index contributed by atoms with van der Waals surface area (Å²) in [6, 6.07) is 13.8. The number of fused-ring (bicyclic) bond motifs is 1. The molecular formula is C24H28N6O2. The molecule has 0 saturated heterocycles. The van der Waals surface area contributed by atoms with E-state index in [-0.39, 0.29) is 0 Å². The highest BCUT2D eigenvalue weighted by molar-refractivity contribution is 5.91. The Morgan fingerprint density at radius 2 is 1.91 bits per heavy atom. The summed E-state index contributed by atoms with van der Waals surface area (Å²) in [7, 11) is 3.50. The van der Waals surface area contributed by atoms with E-state index in [4.69, 9.17) is 14.8 Å². The van der Waals surface area contributed by atoms with Gasteiger partial charge in [0.15, 0.2) is 5.65 Å². The van der Waals surface area contributed by atoms with Gasteiger partial charge in [-0.3, -0.25) is 0 Å². The number of anilines is 2. The molecule has 4 rings (SSSR count). The lowest BCUT2D eigenvalue weighted by molar-refractivity contribution is 0.0944. The van der Waals surface area contributed by atoms with Crippen LogP contribution in [0.2, 0.25) is 0 Å². The van der Waals surface area contributed by atoms with Crippen LogP contribution in [-0.2, 0) is 0 Å². The summed E-state index contributed by atoms with van der Waals surface area (Å²) in [5, 5.41) is 21.3. The van der Waals surface area contributed by atoms with Gasteiger partial charge in [-0.2, -0.15) is 5.10 Å². The summed E-state index contributed by atoms with van der Waals surface area (Å²) in [4.78, 5) is 9.26. The fourth-order valence-electron chi connectivity index (χ4n) is 3.51. The summed E-state index contributed by atoms with van der Waals surface area (Å²) in [5.41, 5.74) is 5.25. The number of aromatic nitrogens is 4. The van der Waals surface area contributed by atoms with Crippen LogP contribution < -0.4 is 15.4 Å². The minimum atomic E-state index is -0.856. The number of methoxy groups -OCH3 is 1. The Labute approximate surface area is 187 Å². The van der Waals surface area contributed by atoms with Crippen LogP contribution in [0.4, 0.5) is 11.5 Å². The summed E-state index contributed by atoms with van der Waals surface area (Å²) >= 11 is 0. The van der Waals surface area contributed by atoms with Crippen molar-refractivity contribution in [2.45, 2.75) is 26.4 Å². The molecule has 0 radical (unpaired) electrons. The molecule has 4 aromatic rings. The molecule has 3 N–H and O–H groups in total. The van der Waals surface area contributed by atoms with E-state index in [0.717, 1.165) is 33.8 Å². The third-order valence-corrected chi connectivity index (χ3v) is 5.04. The number of aliphatic hydroxyl groups is 1. The number of ether oxygens (including phenoxy) is 1. The predicted molar refractivity (Wildman–Crippen MR) is 127 cm³/mol. The zero-order chi connectivity index (χ0) is 22.9. The first-order valence-corrected chi connectivity index (χ1v) is 10.4. The molecule has 0 aliphatic carbocycles. The van der Waals surface area contributed by atoms with Crippen LogP contribution in [0.5, 0.6) is 5.88 Å². The van der Waals surface area contributed by atoms with Gasteiger partial charge in [0.25, 0.3) is 0 Å². The molecule has 0 aliphatic heterocycles. The van der Waals surface area contributed by atoms with Crippen molar-refractivity contribution >= 4 is 17.2 Å². The van der Waals surface area contributed by atoms with Crippen molar-refractivity contribution < 1.29 is 9.84 Å². The minimum Gasteiger partial charge on any atom is -0.481 e. The van der Waals surface area contributed by atoms with Crippen LogP contribution in [0.3, 0.4) is 0 Å². The van der Waals surface area contributed by atoms with E-state index in [1.165, 1.54) is 0 Å². The van der Waals surface area contributed by atoms with Gasteiger partial charge in [0, 0.05) is 42.8 Å². The number of pyridine rings is 1. The normalized spacial score (nSPS) is 11.6. The Morgan fingerprint density at radius 1 is 1.09 bits per heavy atom. The van der Waals surface area contributed by atoms with Crippen molar-refractivity contribution in [3.05, 3.63) is 54.4 Å². The van der Waals surface area contributed by atoms with Crippen LogP contribution in [0.25, 0.3) is 28.0 Å². The first kappa shape index (κ1) is 21.6. The molecule has 8 nitrogen and oxygen atoms in total. The van der Waals surface area contributed by atoms with Crippen molar-refractivity contribution in [3.8, 4) is 28.3 Å². The Balaban J connectivity index is 1.94. The third kappa shape index (κ3) is 4.50. The number of hydrogen-bond acceptors (Lipinski definition) is 7. The lowest BCUT2D eigenvalue weighted by Gasteiger charge is -2.18. The standard InChI is InChI=1S/C24H28N6O2/c1-15-11-17(13-20(27-15)32-5)21-22(16-7-6-8-18(12-16)25-4)29-30-10-9-19(28-23(21)30)26-14-24(2,3)31/h6-13,25,31H,14H2,1-5H3,(H,26,28). The van der Waals surface area contributed by atoms with E-state index in [9.17, 15) is 5.11 Å². The molecule has 0 unspecified atom stereocenters. The van der Waals surface area contributed by atoms with Crippen LogP contribution in [0.1, 0.15) is 19.5 Å². The predicted octanol–water partition coefficient (Wildman–Crippen LogP) is 4.00. The summed E-state index contributed by atoms with van der Waals surface area (Å²) in [5.74, 6) is 1.19. The maximum Gasteiger partial charge on any atom is 0.213 e. The lowest BCUT2D eigenvalue weighted by Crippen LogP contribution is -2.29. The number of benzene rings is 1. The highest BCUT2D eigenvalue weighted by Gasteiger charge is 2.20. The molecule has 32 heavy (non-hydrogen) atoms. The average molecular weight is 433 g/mol. The second kappa shape index (κ2) is 8.47. The van der Waals surface area contributed by atoms with E-state index < -0.39 is 5.60 Å². The second-order valence-electron chi connectivity index (χ2n) is 8.34. The molecule has 0 bridgehead atoms.